The van der Waals surface area contributed by atoms with E-state index in [1.165, 1.54) is 0 Å². The van der Waals surface area contributed by atoms with Gasteiger partial charge in [-0.2, -0.15) is 5.10 Å². The number of benzene rings is 2. The molecule has 1 aliphatic rings. The van der Waals surface area contributed by atoms with Gasteiger partial charge in [-0.15, -0.1) is 0 Å². The molecule has 0 saturated carbocycles. The highest BCUT2D eigenvalue weighted by Crippen LogP contribution is 2.45. The van der Waals surface area contributed by atoms with E-state index < -0.39 is 6.04 Å². The summed E-state index contributed by atoms with van der Waals surface area (Å²) < 4.78 is 5.56. The lowest BCUT2D eigenvalue weighted by molar-refractivity contribution is 0.0743. The Kier molecular flexibility index (Phi) is 5.11. The number of nitrogens with zero attached hydrogens (tertiary/aromatic N) is 2. The Morgan fingerprint density at radius 1 is 1.13 bits per heavy atom. The Bertz CT molecular complexity index is 1110. The summed E-state index contributed by atoms with van der Waals surface area (Å²) in [4.78, 5) is 14.9. The standard InChI is InChI=1S/C23H25N3O4/c1-4-10-26-22(14-7-9-17(28)18(12-14)30-5-2)19-20(24-25-21(19)23(26)29)15-11-13(3)6-8-16(15)27/h6-9,11-12,22,27-28H,4-5,10H2,1-3H3,(H,24,25). The zero-order valence-electron chi connectivity index (χ0n) is 17.3. The molecule has 2 aromatic carbocycles. The number of aryl methyl sites for hydroxylation is 1. The summed E-state index contributed by atoms with van der Waals surface area (Å²) in [5, 5.41) is 27.9. The summed E-state index contributed by atoms with van der Waals surface area (Å²) in [5.74, 6) is 0.399. The molecule has 30 heavy (non-hydrogen) atoms. The predicted octanol–water partition coefficient (Wildman–Crippen LogP) is 4.15. The predicted molar refractivity (Wildman–Crippen MR) is 113 cm³/mol. The van der Waals surface area contributed by atoms with Crippen molar-refractivity contribution in [1.82, 2.24) is 15.1 Å². The smallest absolute Gasteiger partial charge is 0.273 e. The minimum Gasteiger partial charge on any atom is -0.507 e. The van der Waals surface area contributed by atoms with Crippen LogP contribution in [0, 0.1) is 6.92 Å². The fourth-order valence-electron chi connectivity index (χ4n) is 4.03. The molecule has 1 amide bonds. The molecular formula is C23H25N3O4. The van der Waals surface area contributed by atoms with Crippen molar-refractivity contribution >= 4 is 5.91 Å². The zero-order valence-corrected chi connectivity index (χ0v) is 17.3. The van der Waals surface area contributed by atoms with Crippen LogP contribution < -0.4 is 4.74 Å². The van der Waals surface area contributed by atoms with Crippen molar-refractivity contribution in [2.24, 2.45) is 0 Å². The SMILES string of the molecule is CCCN1C(=O)c2[nH]nc(-c3cc(C)ccc3O)c2C1c1ccc(O)c(OCC)c1. The van der Waals surface area contributed by atoms with E-state index in [0.29, 0.717) is 35.9 Å². The van der Waals surface area contributed by atoms with Crippen LogP contribution in [0.4, 0.5) is 0 Å². The number of rotatable bonds is 6. The number of carbonyl (C=O) groups excluding carboxylic acids is 1. The Balaban J connectivity index is 1.91. The topological polar surface area (TPSA) is 98.7 Å². The van der Waals surface area contributed by atoms with Crippen LogP contribution in [0.1, 0.15) is 53.5 Å². The summed E-state index contributed by atoms with van der Waals surface area (Å²) in [5.41, 5.74) is 4.07. The van der Waals surface area contributed by atoms with E-state index in [2.05, 4.69) is 10.2 Å². The lowest BCUT2D eigenvalue weighted by atomic mass is 9.94. The first-order valence-electron chi connectivity index (χ1n) is 10.1. The first-order chi connectivity index (χ1) is 14.5. The van der Waals surface area contributed by atoms with Crippen LogP contribution in [0.2, 0.25) is 0 Å². The molecule has 0 aliphatic carbocycles. The van der Waals surface area contributed by atoms with Crippen molar-refractivity contribution in [3.8, 4) is 28.5 Å². The van der Waals surface area contributed by atoms with Gasteiger partial charge >= 0.3 is 0 Å². The van der Waals surface area contributed by atoms with E-state index in [9.17, 15) is 15.0 Å². The van der Waals surface area contributed by atoms with Gasteiger partial charge in [0.2, 0.25) is 0 Å². The molecular weight excluding hydrogens is 382 g/mol. The lowest BCUT2D eigenvalue weighted by Crippen LogP contribution is -2.30. The number of aromatic hydroxyl groups is 2. The van der Waals surface area contributed by atoms with Crippen LogP contribution in [-0.2, 0) is 0 Å². The highest BCUT2D eigenvalue weighted by Gasteiger charge is 2.42. The number of hydrogen-bond acceptors (Lipinski definition) is 5. The van der Waals surface area contributed by atoms with Crippen molar-refractivity contribution in [1.29, 1.82) is 0 Å². The number of hydrogen-bond donors (Lipinski definition) is 3. The van der Waals surface area contributed by atoms with Crippen molar-refractivity contribution in [2.75, 3.05) is 13.2 Å². The average Bonchev–Trinajstić information content (AvgIpc) is 3.26. The van der Waals surface area contributed by atoms with Gasteiger partial charge in [0.1, 0.15) is 17.1 Å². The Morgan fingerprint density at radius 3 is 2.63 bits per heavy atom. The summed E-state index contributed by atoms with van der Waals surface area (Å²) >= 11 is 0. The number of H-pyrrole nitrogens is 1. The Morgan fingerprint density at radius 2 is 1.90 bits per heavy atom. The van der Waals surface area contributed by atoms with Crippen molar-refractivity contribution in [3.05, 3.63) is 58.8 Å². The molecule has 1 aliphatic heterocycles. The van der Waals surface area contributed by atoms with Crippen LogP contribution >= 0.6 is 0 Å². The lowest BCUT2D eigenvalue weighted by Gasteiger charge is -2.26. The van der Waals surface area contributed by atoms with Crippen molar-refractivity contribution in [2.45, 2.75) is 33.2 Å². The second kappa shape index (κ2) is 7.74. The van der Waals surface area contributed by atoms with Crippen molar-refractivity contribution in [3.63, 3.8) is 0 Å². The van der Waals surface area contributed by atoms with E-state index >= 15 is 0 Å². The summed E-state index contributed by atoms with van der Waals surface area (Å²) in [6.07, 6.45) is 0.793. The highest BCUT2D eigenvalue weighted by molar-refractivity contribution is 6.00. The van der Waals surface area contributed by atoms with Gasteiger partial charge in [0.05, 0.1) is 12.6 Å². The second-order valence-corrected chi connectivity index (χ2v) is 7.44. The zero-order chi connectivity index (χ0) is 21.4. The molecule has 2 heterocycles. The van der Waals surface area contributed by atoms with E-state index in [0.717, 1.165) is 23.1 Å². The van der Waals surface area contributed by atoms with Gasteiger partial charge < -0.3 is 19.8 Å². The first-order valence-corrected chi connectivity index (χ1v) is 10.1. The van der Waals surface area contributed by atoms with Gasteiger partial charge in [0, 0.05) is 17.7 Å². The normalized spacial score (nSPS) is 15.5. The molecule has 7 nitrogen and oxygen atoms in total. The van der Waals surface area contributed by atoms with Crippen LogP contribution in [0.15, 0.2) is 36.4 Å². The van der Waals surface area contributed by atoms with Crippen molar-refractivity contribution < 1.29 is 19.7 Å². The van der Waals surface area contributed by atoms with Crippen LogP contribution in [0.3, 0.4) is 0 Å². The first kappa shape index (κ1) is 19.8. The third kappa shape index (κ3) is 3.16. The minimum atomic E-state index is -0.402. The largest absolute Gasteiger partial charge is 0.507 e. The molecule has 0 radical (unpaired) electrons. The molecule has 0 fully saturated rings. The molecule has 3 aromatic rings. The molecule has 3 N–H and O–H groups in total. The monoisotopic (exact) mass is 407 g/mol. The number of nitrogens with one attached hydrogen (secondary N) is 1. The summed E-state index contributed by atoms with van der Waals surface area (Å²) in [6.45, 7) is 6.79. The maximum absolute atomic E-state index is 13.2. The van der Waals surface area contributed by atoms with Gasteiger partial charge in [0.15, 0.2) is 11.5 Å². The van der Waals surface area contributed by atoms with E-state index in [-0.39, 0.29) is 17.4 Å². The van der Waals surface area contributed by atoms with E-state index in [4.69, 9.17) is 4.74 Å². The molecule has 1 atom stereocenters. The average molecular weight is 407 g/mol. The van der Waals surface area contributed by atoms with Gasteiger partial charge in [-0.3, -0.25) is 9.89 Å². The van der Waals surface area contributed by atoms with Gasteiger partial charge in [-0.05, 0) is 50.1 Å². The maximum Gasteiger partial charge on any atom is 0.273 e. The fourth-order valence-corrected chi connectivity index (χ4v) is 4.03. The maximum atomic E-state index is 13.2. The number of carbonyl (C=O) groups is 1. The molecule has 0 saturated heterocycles. The number of aromatic amines is 1. The molecule has 1 aromatic heterocycles. The molecule has 0 spiro atoms. The molecule has 156 valence electrons. The summed E-state index contributed by atoms with van der Waals surface area (Å²) in [6, 6.07) is 10.1. The molecule has 4 rings (SSSR count). The third-order valence-electron chi connectivity index (χ3n) is 5.33. The van der Waals surface area contributed by atoms with Gasteiger partial charge in [-0.25, -0.2) is 0 Å². The number of phenolic OH excluding ortho intramolecular Hbond substituents is 2. The minimum absolute atomic E-state index is 0.0518. The molecule has 0 bridgehead atoms. The van der Waals surface area contributed by atoms with Gasteiger partial charge in [0.25, 0.3) is 5.91 Å². The molecule has 1 unspecified atom stereocenters. The van der Waals surface area contributed by atoms with E-state index in [1.807, 2.05) is 32.9 Å². The summed E-state index contributed by atoms with van der Waals surface area (Å²) in [7, 11) is 0. The second-order valence-electron chi connectivity index (χ2n) is 7.44. The van der Waals surface area contributed by atoms with Crippen LogP contribution in [-0.4, -0.2) is 44.4 Å². The van der Waals surface area contributed by atoms with E-state index in [1.54, 1.807) is 29.2 Å². The number of ether oxygens (including phenoxy) is 1. The Hall–Kier alpha value is -3.48. The highest BCUT2D eigenvalue weighted by atomic mass is 16.5. The third-order valence-corrected chi connectivity index (χ3v) is 5.33. The number of fused-ring (bicyclic) bond motifs is 1. The number of phenols is 2. The fraction of sp³-hybridized carbons (Fsp3) is 0.304. The molecule has 7 heteroatoms. The van der Waals surface area contributed by atoms with Crippen LogP contribution in [0.5, 0.6) is 17.2 Å². The quantitative estimate of drug-likeness (QED) is 0.570. The number of amides is 1. The van der Waals surface area contributed by atoms with Crippen LogP contribution in [0.25, 0.3) is 11.3 Å². The van der Waals surface area contributed by atoms with Gasteiger partial charge in [-0.1, -0.05) is 24.6 Å². The Labute approximate surface area is 174 Å². The number of aromatic nitrogens is 2.